The molecule has 10 heteroatoms. The molecule has 0 aliphatic heterocycles. The van der Waals surface area contributed by atoms with Gasteiger partial charge in [0.25, 0.3) is 0 Å². The molecule has 29 heavy (non-hydrogen) atoms. The van der Waals surface area contributed by atoms with Crippen LogP contribution in [0.5, 0.6) is 0 Å². The second-order valence-electron chi connectivity index (χ2n) is 6.19. The lowest BCUT2D eigenvalue weighted by molar-refractivity contribution is 0.0697. The minimum atomic E-state index is -3.69. The smallest absolute Gasteiger partial charge is 0.335 e. The third-order valence-corrected chi connectivity index (χ3v) is 5.77. The molecule has 3 rings (SSSR count). The summed E-state index contributed by atoms with van der Waals surface area (Å²) in [5.41, 5.74) is 7.02. The van der Waals surface area contributed by atoms with Gasteiger partial charge in [0.2, 0.25) is 10.0 Å². The minimum absolute atomic E-state index is 0.0284. The van der Waals surface area contributed by atoms with Crippen LogP contribution in [0.3, 0.4) is 0 Å². The van der Waals surface area contributed by atoms with Crippen molar-refractivity contribution in [3.8, 4) is 11.1 Å². The zero-order chi connectivity index (χ0) is 21.2. The van der Waals surface area contributed by atoms with E-state index in [9.17, 15) is 22.7 Å². The Labute approximate surface area is 166 Å². The number of nitrogens with zero attached hydrogens (tertiary/aromatic N) is 2. The summed E-state index contributed by atoms with van der Waals surface area (Å²) in [6.45, 7) is -0.110. The van der Waals surface area contributed by atoms with Crippen LogP contribution in [0.15, 0.2) is 59.5 Å². The lowest BCUT2D eigenvalue weighted by atomic mass is 10.0. The summed E-state index contributed by atoms with van der Waals surface area (Å²) in [5, 5.41) is 9.49. The minimum Gasteiger partial charge on any atom is -0.478 e. The van der Waals surface area contributed by atoms with E-state index in [-0.39, 0.29) is 23.5 Å². The number of aromatic carboxylic acids is 1. The second kappa shape index (κ2) is 8.11. The number of halogens is 1. The molecule has 0 unspecified atom stereocenters. The molecule has 0 amide bonds. The molecule has 0 spiro atoms. The Kier molecular flexibility index (Phi) is 5.78. The van der Waals surface area contributed by atoms with Crippen molar-refractivity contribution in [1.82, 2.24) is 14.3 Å². The number of allylic oxidation sites excluding steroid dienone is 1. The summed E-state index contributed by atoms with van der Waals surface area (Å²) in [7, 11) is -2.38. The van der Waals surface area contributed by atoms with E-state index in [1.54, 1.807) is 12.1 Å². The number of aromatic nitrogens is 2. The number of sulfonamides is 1. The van der Waals surface area contributed by atoms with Gasteiger partial charge in [0.1, 0.15) is 5.83 Å². The third-order valence-electron chi connectivity index (χ3n) is 4.36. The van der Waals surface area contributed by atoms with Crippen LogP contribution in [0.2, 0.25) is 0 Å². The van der Waals surface area contributed by atoms with E-state index in [1.807, 2.05) is 0 Å². The molecule has 1 aromatic heterocycles. The average molecular weight is 418 g/mol. The van der Waals surface area contributed by atoms with Crippen molar-refractivity contribution in [3.63, 3.8) is 0 Å². The Balaban J connectivity index is 2.23. The normalized spacial score (nSPS) is 12.4. The molecular formula is C19H19FN4O4S. The predicted molar refractivity (Wildman–Crippen MR) is 107 cm³/mol. The van der Waals surface area contributed by atoms with E-state index >= 15 is 0 Å². The molecule has 0 aliphatic carbocycles. The van der Waals surface area contributed by atoms with Crippen molar-refractivity contribution in [2.45, 2.75) is 11.4 Å². The van der Waals surface area contributed by atoms with E-state index in [2.05, 4.69) is 9.71 Å². The standard InChI is InChI=1S/C19H19FN4O4S/c1-22-29(27,28)15-4-2-3-12(7-15)16-8-13(19(25)26)9-17-18(16)23-11-24(17)10-14(20)5-6-21/h2-5,7-9,11,22H,6,10,21H2,1H3,(H,25,26)/b14-5-. The summed E-state index contributed by atoms with van der Waals surface area (Å²) in [4.78, 5) is 16.0. The number of hydrogen-bond donors (Lipinski definition) is 3. The van der Waals surface area contributed by atoms with Crippen molar-refractivity contribution in [3.05, 3.63) is 60.2 Å². The van der Waals surface area contributed by atoms with Crippen LogP contribution in [0.4, 0.5) is 4.39 Å². The predicted octanol–water partition coefficient (Wildman–Crippen LogP) is 2.12. The summed E-state index contributed by atoms with van der Waals surface area (Å²) >= 11 is 0. The maximum atomic E-state index is 13.9. The quantitative estimate of drug-likeness (QED) is 0.539. The van der Waals surface area contributed by atoms with Crippen LogP contribution >= 0.6 is 0 Å². The third kappa shape index (κ3) is 4.19. The van der Waals surface area contributed by atoms with Crippen molar-refractivity contribution in [2.24, 2.45) is 5.73 Å². The van der Waals surface area contributed by atoms with E-state index in [0.717, 1.165) is 0 Å². The Morgan fingerprint density at radius 3 is 2.76 bits per heavy atom. The second-order valence-corrected chi connectivity index (χ2v) is 8.08. The molecule has 1 heterocycles. The number of rotatable bonds is 7. The van der Waals surface area contributed by atoms with Crippen LogP contribution in [-0.2, 0) is 16.6 Å². The molecule has 8 nitrogen and oxygen atoms in total. The first-order chi connectivity index (χ1) is 13.8. The van der Waals surface area contributed by atoms with Gasteiger partial charge in [0.15, 0.2) is 0 Å². The first-order valence-corrected chi connectivity index (χ1v) is 10.1. The zero-order valence-electron chi connectivity index (χ0n) is 15.5. The molecule has 0 aliphatic rings. The summed E-state index contributed by atoms with van der Waals surface area (Å²) in [6, 6.07) is 8.89. The molecule has 4 N–H and O–H groups in total. The number of carboxylic acid groups (broad SMARTS) is 1. The largest absolute Gasteiger partial charge is 0.478 e. The molecule has 3 aromatic rings. The van der Waals surface area contributed by atoms with E-state index < -0.39 is 21.8 Å². The van der Waals surface area contributed by atoms with Crippen LogP contribution in [-0.4, -0.2) is 42.6 Å². The average Bonchev–Trinajstić information content (AvgIpc) is 3.10. The first-order valence-electron chi connectivity index (χ1n) is 8.57. The van der Waals surface area contributed by atoms with Crippen molar-refractivity contribution < 1.29 is 22.7 Å². The van der Waals surface area contributed by atoms with Gasteiger partial charge in [-0.05, 0) is 43.0 Å². The van der Waals surface area contributed by atoms with Crippen molar-refractivity contribution in [1.29, 1.82) is 0 Å². The van der Waals surface area contributed by atoms with Crippen molar-refractivity contribution in [2.75, 3.05) is 13.6 Å². The maximum Gasteiger partial charge on any atom is 0.335 e. The highest BCUT2D eigenvalue weighted by Crippen LogP contribution is 2.31. The Hall–Kier alpha value is -3.08. The van der Waals surface area contributed by atoms with Crippen LogP contribution in [0.1, 0.15) is 10.4 Å². The number of imidazole rings is 1. The molecule has 0 radical (unpaired) electrons. The van der Waals surface area contributed by atoms with Crippen molar-refractivity contribution >= 4 is 27.0 Å². The molecule has 0 saturated carbocycles. The van der Waals surface area contributed by atoms with E-state index in [1.165, 1.54) is 48.3 Å². The molecule has 0 saturated heterocycles. The molecule has 152 valence electrons. The number of nitrogens with one attached hydrogen (secondary N) is 1. The number of carbonyl (C=O) groups is 1. The zero-order valence-corrected chi connectivity index (χ0v) is 16.3. The summed E-state index contributed by atoms with van der Waals surface area (Å²) < 4.78 is 41.9. The molecule has 0 atom stereocenters. The number of fused-ring (bicyclic) bond motifs is 1. The lowest BCUT2D eigenvalue weighted by Crippen LogP contribution is -2.18. The summed E-state index contributed by atoms with van der Waals surface area (Å²) in [6.07, 6.45) is 2.62. The van der Waals surface area contributed by atoms with Crippen LogP contribution in [0.25, 0.3) is 22.2 Å². The lowest BCUT2D eigenvalue weighted by Gasteiger charge is -2.09. The summed E-state index contributed by atoms with van der Waals surface area (Å²) in [5.74, 6) is -1.64. The SMILES string of the molecule is CNS(=O)(=O)c1cccc(-c2cc(C(=O)O)cc3c2ncn3C/C(F)=C/CN)c1. The van der Waals surface area contributed by atoms with Gasteiger partial charge in [0.05, 0.1) is 34.4 Å². The fourth-order valence-electron chi connectivity index (χ4n) is 2.94. The monoisotopic (exact) mass is 418 g/mol. The van der Waals surface area contributed by atoms with Crippen LogP contribution in [0, 0.1) is 0 Å². The van der Waals surface area contributed by atoms with E-state index in [4.69, 9.17) is 5.73 Å². The van der Waals surface area contributed by atoms with Gasteiger partial charge in [-0.25, -0.2) is 27.3 Å². The number of hydrogen-bond acceptors (Lipinski definition) is 5. The van der Waals surface area contributed by atoms with Gasteiger partial charge < -0.3 is 15.4 Å². The highest BCUT2D eigenvalue weighted by Gasteiger charge is 2.18. The number of carboxylic acids is 1. The maximum absolute atomic E-state index is 13.9. The van der Waals surface area contributed by atoms with Gasteiger partial charge in [0, 0.05) is 12.1 Å². The molecule has 2 aromatic carbocycles. The molecule has 0 bridgehead atoms. The van der Waals surface area contributed by atoms with Gasteiger partial charge in [-0.1, -0.05) is 12.1 Å². The first kappa shape index (κ1) is 20.6. The highest BCUT2D eigenvalue weighted by atomic mass is 32.2. The Bertz CT molecular complexity index is 1220. The molecule has 0 fully saturated rings. The number of nitrogens with two attached hydrogens (primary N) is 1. The fraction of sp³-hybridized carbons (Fsp3) is 0.158. The van der Waals surface area contributed by atoms with E-state index in [0.29, 0.717) is 22.2 Å². The highest BCUT2D eigenvalue weighted by molar-refractivity contribution is 7.89. The van der Waals surface area contributed by atoms with Gasteiger partial charge in [-0.2, -0.15) is 0 Å². The van der Waals surface area contributed by atoms with Gasteiger partial charge in [-0.3, -0.25) is 0 Å². The Morgan fingerprint density at radius 2 is 2.10 bits per heavy atom. The van der Waals surface area contributed by atoms with Crippen LogP contribution < -0.4 is 10.5 Å². The topological polar surface area (TPSA) is 127 Å². The fourth-order valence-corrected chi connectivity index (χ4v) is 3.71. The van der Waals surface area contributed by atoms with Gasteiger partial charge >= 0.3 is 5.97 Å². The Morgan fingerprint density at radius 1 is 1.34 bits per heavy atom. The molecular weight excluding hydrogens is 399 g/mol. The number of benzene rings is 2. The van der Waals surface area contributed by atoms with Gasteiger partial charge in [-0.15, -0.1) is 0 Å².